The third-order valence-electron chi connectivity index (χ3n) is 8.58. The van der Waals surface area contributed by atoms with Gasteiger partial charge < -0.3 is 9.11 Å². The number of carbonyl (C=O) groups is 1. The number of hydrogen-bond donors (Lipinski definition) is 0. The van der Waals surface area contributed by atoms with Crippen molar-refractivity contribution in [1.29, 1.82) is 0 Å². The third kappa shape index (κ3) is 2.84. The van der Waals surface area contributed by atoms with Crippen molar-refractivity contribution in [3.63, 3.8) is 0 Å². The van der Waals surface area contributed by atoms with Gasteiger partial charge in [0.05, 0.1) is 0 Å². The minimum absolute atomic E-state index is 0.0959. The predicted octanol–water partition coefficient (Wildman–Crippen LogP) is 3.66. The van der Waals surface area contributed by atoms with Gasteiger partial charge >= 0.3 is 0 Å². The molecule has 0 N–H and O–H groups in total. The van der Waals surface area contributed by atoms with E-state index < -0.39 is 16.9 Å². The molecule has 0 aromatic heterocycles. The van der Waals surface area contributed by atoms with Crippen LogP contribution in [0.15, 0.2) is 0 Å². The highest BCUT2D eigenvalue weighted by Gasteiger charge is 2.60. The number of carbonyl (C=O) groups excluding carboxylic acids is 1. The van der Waals surface area contributed by atoms with Crippen molar-refractivity contribution in [2.45, 2.75) is 77.7 Å². The van der Waals surface area contributed by atoms with Crippen molar-refractivity contribution in [2.75, 3.05) is 0 Å². The van der Waals surface area contributed by atoms with Gasteiger partial charge in [0, 0.05) is 11.8 Å². The van der Waals surface area contributed by atoms with Crippen molar-refractivity contribution in [3.8, 4) is 0 Å². The van der Waals surface area contributed by atoms with Gasteiger partial charge in [0.25, 0.3) is 0 Å². The normalized spacial score (nSPS) is 50.1. The van der Waals surface area contributed by atoms with Gasteiger partial charge in [-0.3, -0.25) is 4.79 Å². The van der Waals surface area contributed by atoms with E-state index in [2.05, 4.69) is 13.8 Å². The van der Waals surface area contributed by atoms with E-state index in [1.807, 2.05) is 0 Å². The van der Waals surface area contributed by atoms with Crippen molar-refractivity contribution in [1.82, 2.24) is 0 Å². The number of fused-ring (bicyclic) bond motifs is 5. The van der Waals surface area contributed by atoms with E-state index in [9.17, 15) is 18.1 Å². The molecule has 25 heavy (non-hydrogen) atoms. The van der Waals surface area contributed by atoms with Crippen molar-refractivity contribution >= 4 is 16.6 Å². The maximum Gasteiger partial charge on any atom is 0.160 e. The summed E-state index contributed by atoms with van der Waals surface area (Å²) in [4.78, 5) is 12.4. The van der Waals surface area contributed by atoms with Crippen LogP contribution >= 0.6 is 0 Å². The first-order valence-corrected chi connectivity index (χ1v) is 11.1. The Morgan fingerprint density at radius 1 is 1.04 bits per heavy atom. The van der Waals surface area contributed by atoms with E-state index in [1.54, 1.807) is 0 Å². The molecule has 7 atom stereocenters. The van der Waals surface area contributed by atoms with Crippen LogP contribution in [0, 0.1) is 34.5 Å². The van der Waals surface area contributed by atoms with Crippen LogP contribution in [-0.2, 0) is 24.0 Å². The molecule has 4 rings (SSSR count). The Morgan fingerprint density at radius 3 is 2.52 bits per heavy atom. The molecule has 4 saturated carbocycles. The smallest absolute Gasteiger partial charge is 0.160 e. The number of ketones is 1. The first-order chi connectivity index (χ1) is 11.6. The van der Waals surface area contributed by atoms with Gasteiger partial charge in [0.1, 0.15) is 11.9 Å². The van der Waals surface area contributed by atoms with Crippen LogP contribution in [0.1, 0.15) is 71.6 Å². The van der Waals surface area contributed by atoms with E-state index in [4.69, 9.17) is 4.18 Å². The molecule has 0 aliphatic heterocycles. The molecule has 4 fully saturated rings. The summed E-state index contributed by atoms with van der Waals surface area (Å²) in [6.07, 6.45) is 7.94. The van der Waals surface area contributed by atoms with Gasteiger partial charge in [-0.25, -0.2) is 0 Å². The highest BCUT2D eigenvalue weighted by molar-refractivity contribution is 7.87. The Hall–Kier alpha value is -0.300. The summed E-state index contributed by atoms with van der Waals surface area (Å²) in [6.45, 7) is 4.57. The molecular formula is C19H29O5S-. The summed E-state index contributed by atoms with van der Waals surface area (Å²) in [5.41, 5.74) is 0.101. The first kappa shape index (κ1) is 18.1. The molecule has 6 heteroatoms. The Balaban J connectivity index is 1.53. The van der Waals surface area contributed by atoms with E-state index in [1.165, 1.54) is 0 Å². The van der Waals surface area contributed by atoms with E-state index in [0.29, 0.717) is 42.3 Å². The van der Waals surface area contributed by atoms with E-state index in [-0.39, 0.29) is 10.8 Å². The van der Waals surface area contributed by atoms with E-state index in [0.717, 1.165) is 44.9 Å². The molecule has 5 nitrogen and oxygen atoms in total. The quantitative estimate of drug-likeness (QED) is 0.693. The molecule has 142 valence electrons. The van der Waals surface area contributed by atoms with Crippen molar-refractivity contribution in [2.24, 2.45) is 34.5 Å². The average molecular weight is 370 g/mol. The van der Waals surface area contributed by atoms with Gasteiger partial charge in [0.15, 0.2) is 10.8 Å². The van der Waals surface area contributed by atoms with Crippen LogP contribution in [0.25, 0.3) is 0 Å². The van der Waals surface area contributed by atoms with Crippen molar-refractivity contribution < 1.29 is 22.3 Å². The van der Waals surface area contributed by atoms with Gasteiger partial charge in [-0.05, 0) is 80.5 Å². The summed E-state index contributed by atoms with van der Waals surface area (Å²) in [7, 11) is -4.62. The Kier molecular flexibility index (Phi) is 4.23. The number of hydrogen-bond acceptors (Lipinski definition) is 5. The highest BCUT2D eigenvalue weighted by atomic mass is 32.3. The lowest BCUT2D eigenvalue weighted by Gasteiger charge is -2.60. The van der Waals surface area contributed by atoms with Crippen LogP contribution in [-0.4, -0.2) is 21.0 Å². The molecule has 0 amide bonds. The maximum atomic E-state index is 12.4. The van der Waals surface area contributed by atoms with Crippen LogP contribution in [0.3, 0.4) is 0 Å². The molecule has 0 aromatic rings. The monoisotopic (exact) mass is 369 g/mol. The van der Waals surface area contributed by atoms with Crippen LogP contribution in [0.2, 0.25) is 0 Å². The number of rotatable bonds is 2. The minimum Gasteiger partial charge on any atom is -0.587 e. The summed E-state index contributed by atoms with van der Waals surface area (Å²) in [5, 5.41) is 0. The fourth-order valence-corrected chi connectivity index (χ4v) is 7.75. The summed E-state index contributed by atoms with van der Waals surface area (Å²) < 4.78 is 37.6. The highest BCUT2D eigenvalue weighted by Crippen LogP contribution is 2.65. The van der Waals surface area contributed by atoms with Gasteiger partial charge in [-0.15, -0.1) is 0 Å². The van der Waals surface area contributed by atoms with Gasteiger partial charge in [-0.2, -0.15) is 4.18 Å². The topological polar surface area (TPSA) is 89.5 Å². The van der Waals surface area contributed by atoms with Crippen LogP contribution < -0.4 is 0 Å². The Morgan fingerprint density at radius 2 is 1.80 bits per heavy atom. The molecular weight excluding hydrogens is 340 g/mol. The zero-order chi connectivity index (χ0) is 18.0. The van der Waals surface area contributed by atoms with Crippen molar-refractivity contribution in [3.05, 3.63) is 0 Å². The van der Waals surface area contributed by atoms with Crippen LogP contribution in [0.4, 0.5) is 0 Å². The molecule has 4 aliphatic rings. The molecule has 0 saturated heterocycles. The molecule has 0 aromatic carbocycles. The Labute approximate surface area is 151 Å². The summed E-state index contributed by atoms with van der Waals surface area (Å²) in [5.74, 6) is 2.69. The lowest BCUT2D eigenvalue weighted by atomic mass is 9.45. The average Bonchev–Trinajstić information content (AvgIpc) is 2.82. The van der Waals surface area contributed by atoms with Gasteiger partial charge in [-0.1, -0.05) is 18.1 Å². The molecule has 0 heterocycles. The minimum atomic E-state index is -4.62. The Bertz CT molecular complexity index is 615. The zero-order valence-corrected chi connectivity index (χ0v) is 16.0. The molecule has 4 aliphatic carbocycles. The fourth-order valence-electron chi connectivity index (χ4n) is 7.24. The predicted molar refractivity (Wildman–Crippen MR) is 91.2 cm³/mol. The molecule has 0 bridgehead atoms. The van der Waals surface area contributed by atoms with Crippen LogP contribution in [0.5, 0.6) is 0 Å². The summed E-state index contributed by atoms with van der Waals surface area (Å²) >= 11 is 0. The second-order valence-corrected chi connectivity index (χ2v) is 10.5. The second kappa shape index (κ2) is 5.85. The molecule has 0 spiro atoms. The summed E-state index contributed by atoms with van der Waals surface area (Å²) in [6, 6.07) is 0. The lowest BCUT2D eigenvalue weighted by molar-refractivity contribution is -0.141. The second-order valence-electron chi connectivity index (χ2n) is 9.48. The SMILES string of the molecule is CC12CCC3C(CC[C@H]4C[C@H](O[S+](=O)([O-])[O-])CCC34C)C1CCC2=O. The largest absolute Gasteiger partial charge is 0.587 e. The maximum absolute atomic E-state index is 12.4. The van der Waals surface area contributed by atoms with Gasteiger partial charge in [0.2, 0.25) is 0 Å². The lowest BCUT2D eigenvalue weighted by Crippen LogP contribution is -2.54. The molecule has 0 radical (unpaired) electrons. The molecule has 5 unspecified atom stereocenters. The standard InChI is InChI=1S/C19H29O5S/c1-18-9-7-13(24-25(21,22)23)11-12(18)3-4-14-15-5-6-17(20)19(15,2)10-8-16(14)18/h12-16H,3-11H2,1-2H3/q-1/t12-,13+,14?,15?,16?,18?,19?/m0/s1. The fraction of sp³-hybridized carbons (Fsp3) is 0.947. The zero-order valence-electron chi connectivity index (χ0n) is 15.2. The third-order valence-corrected chi connectivity index (χ3v) is 9.09. The van der Waals surface area contributed by atoms with E-state index >= 15 is 0 Å². The number of Topliss-reactive ketones (excluding diaryl/α,β-unsaturated/α-hetero) is 1. The first-order valence-electron chi connectivity index (χ1n) is 9.81.